The van der Waals surface area contributed by atoms with Crippen LogP contribution in [0.2, 0.25) is 0 Å². The third kappa shape index (κ3) is 8.20. The average Bonchev–Trinajstić information content (AvgIpc) is 2.85. The summed E-state index contributed by atoms with van der Waals surface area (Å²) in [7, 11) is -7.46. The zero-order valence-corrected chi connectivity index (χ0v) is 23.0. The molecule has 2 aromatic rings. The molecule has 0 spiro atoms. The highest BCUT2D eigenvalue weighted by atomic mass is 32.2. The van der Waals surface area contributed by atoms with Gasteiger partial charge in [-0.25, -0.2) is 16.8 Å². The highest BCUT2D eigenvalue weighted by Gasteiger charge is 2.27. The summed E-state index contributed by atoms with van der Waals surface area (Å²) >= 11 is 1.78. The van der Waals surface area contributed by atoms with Crippen molar-refractivity contribution in [2.24, 2.45) is 0 Å². The lowest BCUT2D eigenvalue weighted by atomic mass is 10.2. The normalized spacial score (nSPS) is 14.9. The third-order valence-corrected chi connectivity index (χ3v) is 9.77. The van der Waals surface area contributed by atoms with Gasteiger partial charge in [0, 0.05) is 25.4 Å². The molecule has 1 fully saturated rings. The van der Waals surface area contributed by atoms with Crippen LogP contribution in [-0.2, 0) is 35.3 Å². The zero-order valence-electron chi connectivity index (χ0n) is 20.6. The minimum atomic E-state index is -3.76. The van der Waals surface area contributed by atoms with Crippen LogP contribution in [0.5, 0.6) is 0 Å². The van der Waals surface area contributed by atoms with Gasteiger partial charge in [0.05, 0.1) is 30.1 Å². The third-order valence-electron chi connectivity index (χ3n) is 5.60. The van der Waals surface area contributed by atoms with Crippen molar-refractivity contribution in [1.29, 1.82) is 0 Å². The Morgan fingerprint density at radius 1 is 1.03 bits per heavy atom. The molecule has 0 radical (unpaired) electrons. The second kappa shape index (κ2) is 12.9. The number of morpholine rings is 1. The summed E-state index contributed by atoms with van der Waals surface area (Å²) in [5.41, 5.74) is 2.70. The summed E-state index contributed by atoms with van der Waals surface area (Å²) in [6, 6.07) is 13.9. The van der Waals surface area contributed by atoms with Gasteiger partial charge in [0.2, 0.25) is 26.0 Å². The number of sulfonamides is 2. The Kier molecular flexibility index (Phi) is 10.2. The number of carbonyl (C=O) groups excluding carboxylic acids is 1. The van der Waals surface area contributed by atoms with E-state index in [0.29, 0.717) is 19.8 Å². The molecule has 0 unspecified atom stereocenters. The molecule has 198 valence electrons. The average molecular weight is 556 g/mol. The van der Waals surface area contributed by atoms with E-state index in [1.165, 1.54) is 39.7 Å². The van der Waals surface area contributed by atoms with E-state index in [1.54, 1.807) is 11.8 Å². The number of ether oxygens (including phenoxy) is 1. The van der Waals surface area contributed by atoms with Gasteiger partial charge in [-0.3, -0.25) is 9.10 Å². The SMILES string of the molecule is Cc1ccc(CSCCCNC(=O)CN(c2ccc(S(=O)(=O)N3CCOCC3)cc2)S(C)(=O)=O)cc1. The number of hydrogen-bond acceptors (Lipinski definition) is 7. The van der Waals surface area contributed by atoms with E-state index in [0.717, 1.165) is 28.5 Å². The fourth-order valence-electron chi connectivity index (χ4n) is 3.58. The highest BCUT2D eigenvalue weighted by Crippen LogP contribution is 2.23. The maximum absolute atomic E-state index is 12.8. The molecule has 1 amide bonds. The fourth-order valence-corrected chi connectivity index (χ4v) is 6.77. The Balaban J connectivity index is 1.51. The first-order valence-electron chi connectivity index (χ1n) is 11.6. The van der Waals surface area contributed by atoms with Crippen LogP contribution in [0.15, 0.2) is 53.4 Å². The van der Waals surface area contributed by atoms with E-state index in [1.807, 2.05) is 0 Å². The van der Waals surface area contributed by atoms with Crippen molar-refractivity contribution in [3.63, 3.8) is 0 Å². The number of nitrogens with one attached hydrogen (secondary N) is 1. The predicted octanol–water partition coefficient (Wildman–Crippen LogP) is 2.22. The molecular formula is C24H33N3O6S3. The Labute approximate surface area is 218 Å². The van der Waals surface area contributed by atoms with Gasteiger partial charge in [-0.15, -0.1) is 0 Å². The van der Waals surface area contributed by atoms with Crippen LogP contribution in [0.4, 0.5) is 5.69 Å². The number of benzene rings is 2. The van der Waals surface area contributed by atoms with Gasteiger partial charge in [-0.1, -0.05) is 29.8 Å². The van der Waals surface area contributed by atoms with Crippen molar-refractivity contribution in [2.75, 3.05) is 55.7 Å². The summed E-state index contributed by atoms with van der Waals surface area (Å²) in [6.07, 6.45) is 1.77. The maximum Gasteiger partial charge on any atom is 0.243 e. The minimum Gasteiger partial charge on any atom is -0.379 e. The zero-order chi connectivity index (χ0) is 26.2. The van der Waals surface area contributed by atoms with E-state index in [2.05, 4.69) is 36.5 Å². The molecular weight excluding hydrogens is 522 g/mol. The van der Waals surface area contributed by atoms with Gasteiger partial charge < -0.3 is 10.1 Å². The summed E-state index contributed by atoms with van der Waals surface area (Å²) in [5, 5.41) is 2.77. The monoisotopic (exact) mass is 555 g/mol. The number of carbonyl (C=O) groups is 1. The number of thioether (sulfide) groups is 1. The number of amides is 1. The molecule has 3 rings (SSSR count). The van der Waals surface area contributed by atoms with E-state index >= 15 is 0 Å². The van der Waals surface area contributed by atoms with E-state index in [4.69, 9.17) is 4.74 Å². The summed E-state index contributed by atoms with van der Waals surface area (Å²) < 4.78 is 57.9. The Morgan fingerprint density at radius 3 is 2.28 bits per heavy atom. The lowest BCUT2D eigenvalue weighted by Crippen LogP contribution is -2.41. The van der Waals surface area contributed by atoms with Crippen molar-refractivity contribution in [2.45, 2.75) is 24.0 Å². The molecule has 2 aromatic carbocycles. The Morgan fingerprint density at radius 2 is 1.67 bits per heavy atom. The lowest BCUT2D eigenvalue weighted by Gasteiger charge is -2.26. The standard InChI is InChI=1S/C24H33N3O6S3/c1-20-4-6-21(7-5-20)19-34-17-3-12-25-24(28)18-27(35(2,29)30)22-8-10-23(11-9-22)36(31,32)26-13-15-33-16-14-26/h4-11H,3,12-19H2,1-2H3,(H,25,28). The van der Waals surface area contributed by atoms with Crippen LogP contribution in [0, 0.1) is 6.92 Å². The molecule has 1 aliphatic heterocycles. The van der Waals surface area contributed by atoms with Crippen LogP contribution < -0.4 is 9.62 Å². The predicted molar refractivity (Wildman–Crippen MR) is 143 cm³/mol. The molecule has 36 heavy (non-hydrogen) atoms. The Bertz CT molecular complexity index is 1210. The van der Waals surface area contributed by atoms with E-state index in [-0.39, 0.29) is 30.2 Å². The Hall–Kier alpha value is -2.12. The first-order valence-corrected chi connectivity index (χ1v) is 16.1. The quantitative estimate of drug-likeness (QED) is 0.400. The molecule has 1 saturated heterocycles. The maximum atomic E-state index is 12.8. The number of rotatable bonds is 12. The van der Waals surface area contributed by atoms with Crippen molar-refractivity contribution in [3.05, 3.63) is 59.7 Å². The number of nitrogens with zero attached hydrogens (tertiary/aromatic N) is 2. The first kappa shape index (κ1) is 28.5. The summed E-state index contributed by atoms with van der Waals surface area (Å²) in [4.78, 5) is 12.5. The molecule has 0 saturated carbocycles. The van der Waals surface area contributed by atoms with Crippen molar-refractivity contribution >= 4 is 43.4 Å². The van der Waals surface area contributed by atoms with Crippen LogP contribution in [0.1, 0.15) is 17.5 Å². The molecule has 1 N–H and O–H groups in total. The second-order valence-corrected chi connectivity index (χ2v) is 13.5. The van der Waals surface area contributed by atoms with Gasteiger partial charge >= 0.3 is 0 Å². The molecule has 0 bridgehead atoms. The van der Waals surface area contributed by atoms with Gasteiger partial charge in [-0.2, -0.15) is 16.1 Å². The van der Waals surface area contributed by atoms with Crippen LogP contribution in [0.25, 0.3) is 0 Å². The molecule has 0 aromatic heterocycles. The van der Waals surface area contributed by atoms with Gasteiger partial charge in [0.15, 0.2) is 0 Å². The first-order chi connectivity index (χ1) is 17.1. The second-order valence-electron chi connectivity index (χ2n) is 8.52. The molecule has 12 heteroatoms. The van der Waals surface area contributed by atoms with Crippen LogP contribution in [0.3, 0.4) is 0 Å². The molecule has 1 aliphatic rings. The van der Waals surface area contributed by atoms with Crippen molar-refractivity contribution in [3.8, 4) is 0 Å². The van der Waals surface area contributed by atoms with Gasteiger partial charge in [-0.05, 0) is 48.9 Å². The summed E-state index contributed by atoms with van der Waals surface area (Å²) in [6.45, 7) is 3.31. The van der Waals surface area contributed by atoms with Gasteiger partial charge in [0.1, 0.15) is 6.54 Å². The number of anilines is 1. The van der Waals surface area contributed by atoms with Crippen LogP contribution in [-0.4, -0.2) is 78.4 Å². The van der Waals surface area contributed by atoms with Crippen molar-refractivity contribution < 1.29 is 26.4 Å². The fraction of sp³-hybridized carbons (Fsp3) is 0.458. The largest absolute Gasteiger partial charge is 0.379 e. The van der Waals surface area contributed by atoms with E-state index in [9.17, 15) is 21.6 Å². The smallest absolute Gasteiger partial charge is 0.243 e. The molecule has 1 heterocycles. The molecule has 0 atom stereocenters. The molecule has 0 aliphatic carbocycles. The highest BCUT2D eigenvalue weighted by molar-refractivity contribution is 7.98. The number of hydrogen-bond donors (Lipinski definition) is 1. The van der Waals surface area contributed by atoms with Crippen LogP contribution >= 0.6 is 11.8 Å². The van der Waals surface area contributed by atoms with E-state index < -0.39 is 26.0 Å². The summed E-state index contributed by atoms with van der Waals surface area (Å²) in [5.74, 6) is 1.34. The van der Waals surface area contributed by atoms with Gasteiger partial charge in [0.25, 0.3) is 0 Å². The topological polar surface area (TPSA) is 113 Å². The number of aryl methyl sites for hydroxylation is 1. The van der Waals surface area contributed by atoms with Crippen molar-refractivity contribution in [1.82, 2.24) is 9.62 Å². The lowest BCUT2D eigenvalue weighted by molar-refractivity contribution is -0.119. The molecule has 9 nitrogen and oxygen atoms in total. The minimum absolute atomic E-state index is 0.0641.